The highest BCUT2D eigenvalue weighted by molar-refractivity contribution is 5.57. The topological polar surface area (TPSA) is 98.9 Å². The number of nitrogens with two attached hydrogens (primary N) is 1. The van der Waals surface area contributed by atoms with Crippen molar-refractivity contribution in [3.05, 3.63) is 66.0 Å². The molecule has 0 radical (unpaired) electrons. The summed E-state index contributed by atoms with van der Waals surface area (Å²) in [6, 6.07) is 6.09. The van der Waals surface area contributed by atoms with E-state index < -0.39 is 0 Å². The molecule has 3 aromatic rings. The van der Waals surface area contributed by atoms with Crippen LogP contribution in [0.3, 0.4) is 0 Å². The SMILES string of the molecule is Cn1c(-c2ccncc2)nnc1N1CCCC[C@@H]1c1cc(C2C=C(N)C=CC2)on1. The maximum atomic E-state index is 5.96. The Bertz CT molecular complexity index is 1080. The van der Waals surface area contributed by atoms with Crippen molar-refractivity contribution >= 4 is 5.95 Å². The van der Waals surface area contributed by atoms with Gasteiger partial charge in [0.1, 0.15) is 11.5 Å². The molecule has 5 rings (SSSR count). The van der Waals surface area contributed by atoms with Crippen LogP contribution in [-0.2, 0) is 7.05 Å². The Kier molecular flexibility index (Phi) is 4.82. The molecule has 2 atom stereocenters. The average Bonchev–Trinajstić information content (AvgIpc) is 3.42. The predicted molar refractivity (Wildman–Crippen MR) is 113 cm³/mol. The molecule has 1 fully saturated rings. The molecule has 8 nitrogen and oxygen atoms in total. The van der Waals surface area contributed by atoms with Gasteiger partial charge in [0, 0.05) is 49.2 Å². The minimum atomic E-state index is 0.116. The van der Waals surface area contributed by atoms with Crippen LogP contribution in [0.1, 0.15) is 49.1 Å². The minimum Gasteiger partial charge on any atom is -0.399 e. The average molecular weight is 403 g/mol. The van der Waals surface area contributed by atoms with Gasteiger partial charge in [-0.1, -0.05) is 17.3 Å². The van der Waals surface area contributed by atoms with Gasteiger partial charge in [-0.25, -0.2) is 0 Å². The van der Waals surface area contributed by atoms with E-state index in [1.54, 1.807) is 12.4 Å². The summed E-state index contributed by atoms with van der Waals surface area (Å²) in [6.45, 7) is 0.911. The number of hydrogen-bond donors (Lipinski definition) is 1. The van der Waals surface area contributed by atoms with E-state index in [2.05, 4.69) is 37.4 Å². The van der Waals surface area contributed by atoms with Crippen LogP contribution in [-0.4, -0.2) is 31.4 Å². The van der Waals surface area contributed by atoms with Gasteiger partial charge in [-0.15, -0.1) is 10.2 Å². The molecule has 2 aliphatic rings. The number of pyridine rings is 1. The molecule has 0 bridgehead atoms. The van der Waals surface area contributed by atoms with E-state index >= 15 is 0 Å². The molecule has 1 aliphatic heterocycles. The Labute approximate surface area is 175 Å². The number of rotatable bonds is 4. The van der Waals surface area contributed by atoms with E-state index in [0.717, 1.165) is 66.7 Å². The van der Waals surface area contributed by atoms with Crippen LogP contribution in [0, 0.1) is 0 Å². The summed E-state index contributed by atoms with van der Waals surface area (Å²) < 4.78 is 7.78. The minimum absolute atomic E-state index is 0.116. The number of aromatic nitrogens is 5. The molecule has 2 N–H and O–H groups in total. The highest BCUT2D eigenvalue weighted by atomic mass is 16.5. The first-order valence-corrected chi connectivity index (χ1v) is 10.4. The van der Waals surface area contributed by atoms with Gasteiger partial charge in [-0.3, -0.25) is 9.55 Å². The molecule has 4 heterocycles. The lowest BCUT2D eigenvalue weighted by Gasteiger charge is -2.34. The molecule has 1 unspecified atom stereocenters. The normalized spacial score (nSPS) is 21.6. The zero-order valence-corrected chi connectivity index (χ0v) is 17.0. The summed E-state index contributed by atoms with van der Waals surface area (Å²) in [5, 5.41) is 13.4. The summed E-state index contributed by atoms with van der Waals surface area (Å²) in [5.41, 5.74) is 8.67. The van der Waals surface area contributed by atoms with Gasteiger partial charge >= 0.3 is 0 Å². The van der Waals surface area contributed by atoms with Crippen molar-refractivity contribution in [3.8, 4) is 11.4 Å². The maximum absolute atomic E-state index is 5.96. The van der Waals surface area contributed by atoms with Crippen molar-refractivity contribution in [2.24, 2.45) is 12.8 Å². The van der Waals surface area contributed by atoms with Crippen LogP contribution in [0.5, 0.6) is 0 Å². The fourth-order valence-electron chi connectivity index (χ4n) is 4.34. The number of nitrogens with zero attached hydrogens (tertiary/aromatic N) is 6. The second-order valence-corrected chi connectivity index (χ2v) is 7.89. The van der Waals surface area contributed by atoms with Crippen LogP contribution in [0.15, 0.2) is 59.0 Å². The van der Waals surface area contributed by atoms with E-state index in [0.29, 0.717) is 0 Å². The molecule has 154 valence electrons. The first-order valence-electron chi connectivity index (χ1n) is 10.4. The molecule has 0 spiro atoms. The van der Waals surface area contributed by atoms with Crippen LogP contribution in [0.4, 0.5) is 5.95 Å². The second-order valence-electron chi connectivity index (χ2n) is 7.89. The van der Waals surface area contributed by atoms with Gasteiger partial charge in [0.15, 0.2) is 5.82 Å². The summed E-state index contributed by atoms with van der Waals surface area (Å²) in [4.78, 5) is 6.39. The van der Waals surface area contributed by atoms with Crippen molar-refractivity contribution < 1.29 is 4.52 Å². The van der Waals surface area contributed by atoms with Crippen molar-refractivity contribution in [1.29, 1.82) is 0 Å². The van der Waals surface area contributed by atoms with E-state index in [-0.39, 0.29) is 12.0 Å². The van der Waals surface area contributed by atoms with Crippen LogP contribution >= 0.6 is 0 Å². The fraction of sp³-hybridized carbons (Fsp3) is 0.364. The first-order chi connectivity index (χ1) is 14.7. The van der Waals surface area contributed by atoms with Gasteiger partial charge in [0.05, 0.1) is 6.04 Å². The van der Waals surface area contributed by atoms with Gasteiger partial charge in [0.25, 0.3) is 0 Å². The number of anilines is 1. The van der Waals surface area contributed by atoms with Crippen molar-refractivity contribution in [3.63, 3.8) is 0 Å². The highest BCUT2D eigenvalue weighted by Gasteiger charge is 2.31. The van der Waals surface area contributed by atoms with E-state index in [9.17, 15) is 0 Å². The summed E-state index contributed by atoms with van der Waals surface area (Å²) >= 11 is 0. The smallest absolute Gasteiger partial charge is 0.227 e. The van der Waals surface area contributed by atoms with Crippen LogP contribution in [0.2, 0.25) is 0 Å². The molecular weight excluding hydrogens is 378 g/mol. The Morgan fingerprint density at radius 3 is 2.87 bits per heavy atom. The van der Waals surface area contributed by atoms with Gasteiger partial charge in [0.2, 0.25) is 5.95 Å². The van der Waals surface area contributed by atoms with Gasteiger partial charge in [-0.2, -0.15) is 0 Å². The van der Waals surface area contributed by atoms with Crippen molar-refractivity contribution in [1.82, 2.24) is 24.9 Å². The van der Waals surface area contributed by atoms with Crippen LogP contribution in [0.25, 0.3) is 11.4 Å². The van der Waals surface area contributed by atoms with E-state index in [1.807, 2.05) is 35.9 Å². The summed E-state index contributed by atoms with van der Waals surface area (Å²) in [6.07, 6.45) is 13.7. The molecule has 1 aliphatic carbocycles. The predicted octanol–water partition coefficient (Wildman–Crippen LogP) is 3.48. The quantitative estimate of drug-likeness (QED) is 0.712. The highest BCUT2D eigenvalue weighted by Crippen LogP contribution is 2.36. The zero-order valence-electron chi connectivity index (χ0n) is 17.0. The third-order valence-electron chi connectivity index (χ3n) is 5.90. The summed E-state index contributed by atoms with van der Waals surface area (Å²) in [7, 11) is 2.01. The third kappa shape index (κ3) is 3.38. The molecule has 8 heteroatoms. The Morgan fingerprint density at radius 1 is 1.17 bits per heavy atom. The Balaban J connectivity index is 1.44. The third-order valence-corrected chi connectivity index (χ3v) is 5.90. The lowest BCUT2D eigenvalue weighted by Crippen LogP contribution is -2.35. The molecule has 0 saturated carbocycles. The van der Waals surface area contributed by atoms with E-state index in [1.165, 1.54) is 0 Å². The van der Waals surface area contributed by atoms with Crippen molar-refractivity contribution in [2.75, 3.05) is 11.4 Å². The summed E-state index contributed by atoms with van der Waals surface area (Å²) in [5.74, 6) is 2.67. The molecule has 0 aromatic carbocycles. The lowest BCUT2D eigenvalue weighted by atomic mass is 9.94. The molecule has 30 heavy (non-hydrogen) atoms. The number of piperidine rings is 1. The molecule has 3 aromatic heterocycles. The number of hydrogen-bond acceptors (Lipinski definition) is 7. The molecular formula is C22H25N7O. The molecule has 1 saturated heterocycles. The number of allylic oxidation sites excluding steroid dienone is 3. The van der Waals surface area contributed by atoms with Crippen molar-refractivity contribution in [2.45, 2.75) is 37.6 Å². The zero-order chi connectivity index (χ0) is 20.5. The fourth-order valence-corrected chi connectivity index (χ4v) is 4.34. The largest absolute Gasteiger partial charge is 0.399 e. The first kappa shape index (κ1) is 18.6. The van der Waals surface area contributed by atoms with E-state index in [4.69, 9.17) is 10.3 Å². The Hall–Kier alpha value is -3.42. The maximum Gasteiger partial charge on any atom is 0.227 e. The second kappa shape index (κ2) is 7.78. The van der Waals surface area contributed by atoms with Crippen LogP contribution < -0.4 is 10.6 Å². The monoisotopic (exact) mass is 403 g/mol. The van der Waals surface area contributed by atoms with Gasteiger partial charge < -0.3 is 15.2 Å². The molecule has 0 amide bonds. The van der Waals surface area contributed by atoms with Gasteiger partial charge in [-0.05, 0) is 43.9 Å². The Morgan fingerprint density at radius 2 is 2.03 bits per heavy atom. The standard InChI is InChI=1S/C22H25N7O/c1-28-21(15-8-10-24-11-9-15)25-26-22(28)29-12-3-2-7-19(29)18-14-20(30-27-18)16-5-4-6-17(23)13-16/h4,6,8-11,13-14,16,19H,2-3,5,7,12,23H2,1H3/t16?,19-/m1/s1. The lowest BCUT2D eigenvalue weighted by molar-refractivity contribution is 0.354.